The molecule has 0 aliphatic rings. The van der Waals surface area contributed by atoms with E-state index in [9.17, 15) is 14.9 Å². The summed E-state index contributed by atoms with van der Waals surface area (Å²) in [6.07, 6.45) is 0.694. The molecule has 0 saturated heterocycles. The molecule has 0 aliphatic heterocycles. The van der Waals surface area contributed by atoms with Gasteiger partial charge in [0.15, 0.2) is 5.76 Å². The molecule has 0 spiro atoms. The predicted octanol–water partition coefficient (Wildman–Crippen LogP) is 2.62. The number of amides is 1. The van der Waals surface area contributed by atoms with Crippen LogP contribution in [0.3, 0.4) is 0 Å². The summed E-state index contributed by atoms with van der Waals surface area (Å²) in [5.74, 6) is 0.0425. The molecule has 22 heavy (non-hydrogen) atoms. The van der Waals surface area contributed by atoms with Crippen LogP contribution in [0.4, 0.5) is 5.69 Å². The lowest BCUT2D eigenvalue weighted by atomic mass is 10.1. The number of nitrogens with zero attached hydrogens (tertiary/aromatic N) is 1. The summed E-state index contributed by atoms with van der Waals surface area (Å²) >= 11 is 0. The van der Waals surface area contributed by atoms with Crippen LogP contribution in [0.25, 0.3) is 11.3 Å². The van der Waals surface area contributed by atoms with Crippen LogP contribution >= 0.6 is 0 Å². The topological polar surface area (TPSA) is 94.6 Å². The molecule has 1 N–H and O–H groups in total. The fourth-order valence-electron chi connectivity index (χ4n) is 1.95. The van der Waals surface area contributed by atoms with E-state index >= 15 is 0 Å². The standard InChI is InChI=1S/C15H16N2O5/c1-21-10-4-9-16-15(18)14-8-7-13(22-14)11-5-2-3-6-12(11)17(19)20/h2-3,5-8H,4,9-10H2,1H3,(H,16,18). The van der Waals surface area contributed by atoms with Crippen molar-refractivity contribution < 1.29 is 18.9 Å². The van der Waals surface area contributed by atoms with Crippen molar-refractivity contribution in [2.24, 2.45) is 0 Å². The monoisotopic (exact) mass is 304 g/mol. The zero-order valence-electron chi connectivity index (χ0n) is 12.1. The Balaban J connectivity index is 2.12. The Labute approximate surface area is 127 Å². The van der Waals surface area contributed by atoms with Gasteiger partial charge in [0.1, 0.15) is 5.76 Å². The maximum Gasteiger partial charge on any atom is 0.287 e. The Morgan fingerprint density at radius 1 is 1.32 bits per heavy atom. The van der Waals surface area contributed by atoms with Gasteiger partial charge in [-0.3, -0.25) is 14.9 Å². The molecule has 7 nitrogen and oxygen atoms in total. The number of carbonyl (C=O) groups is 1. The number of para-hydroxylation sites is 1. The van der Waals surface area contributed by atoms with E-state index < -0.39 is 4.92 Å². The molecular formula is C15H16N2O5. The molecule has 2 aromatic rings. The maximum absolute atomic E-state index is 11.9. The quantitative estimate of drug-likeness (QED) is 0.482. The Bertz CT molecular complexity index is 665. The van der Waals surface area contributed by atoms with Crippen LogP contribution in [-0.2, 0) is 4.74 Å². The zero-order valence-corrected chi connectivity index (χ0v) is 12.1. The minimum atomic E-state index is -0.484. The molecule has 1 amide bonds. The lowest BCUT2D eigenvalue weighted by Crippen LogP contribution is -2.24. The number of hydrogen-bond donors (Lipinski definition) is 1. The van der Waals surface area contributed by atoms with E-state index in [4.69, 9.17) is 9.15 Å². The molecule has 0 atom stereocenters. The highest BCUT2D eigenvalue weighted by Crippen LogP contribution is 2.30. The Morgan fingerprint density at radius 2 is 2.09 bits per heavy atom. The molecule has 0 unspecified atom stereocenters. The van der Waals surface area contributed by atoms with E-state index in [-0.39, 0.29) is 23.1 Å². The van der Waals surface area contributed by atoms with Crippen molar-refractivity contribution in [2.45, 2.75) is 6.42 Å². The third-order valence-electron chi connectivity index (χ3n) is 3.01. The van der Waals surface area contributed by atoms with Gasteiger partial charge in [0.25, 0.3) is 11.6 Å². The van der Waals surface area contributed by atoms with E-state index in [2.05, 4.69) is 5.32 Å². The van der Waals surface area contributed by atoms with Crippen LogP contribution in [-0.4, -0.2) is 31.1 Å². The van der Waals surface area contributed by atoms with Gasteiger partial charge in [0, 0.05) is 26.3 Å². The first-order valence-electron chi connectivity index (χ1n) is 6.74. The summed E-state index contributed by atoms with van der Waals surface area (Å²) in [5, 5.41) is 13.7. The van der Waals surface area contributed by atoms with Crippen molar-refractivity contribution in [2.75, 3.05) is 20.3 Å². The third kappa shape index (κ3) is 3.70. The number of ether oxygens (including phenoxy) is 1. The molecule has 0 fully saturated rings. The molecular weight excluding hydrogens is 288 g/mol. The molecule has 0 aliphatic carbocycles. The first kappa shape index (κ1) is 15.7. The SMILES string of the molecule is COCCCNC(=O)c1ccc(-c2ccccc2[N+](=O)[O-])o1. The van der Waals surface area contributed by atoms with E-state index in [1.54, 1.807) is 31.4 Å². The van der Waals surface area contributed by atoms with E-state index in [0.717, 1.165) is 0 Å². The number of rotatable bonds is 7. The predicted molar refractivity (Wildman–Crippen MR) is 79.6 cm³/mol. The van der Waals surface area contributed by atoms with Gasteiger partial charge in [0.2, 0.25) is 0 Å². The second-order valence-corrected chi connectivity index (χ2v) is 4.54. The van der Waals surface area contributed by atoms with Gasteiger partial charge in [-0.05, 0) is 24.6 Å². The van der Waals surface area contributed by atoms with Crippen molar-refractivity contribution in [3.8, 4) is 11.3 Å². The molecule has 0 saturated carbocycles. The van der Waals surface area contributed by atoms with E-state index in [1.165, 1.54) is 12.1 Å². The maximum atomic E-state index is 11.9. The Kier molecular flexibility index (Phi) is 5.26. The average Bonchev–Trinajstić information content (AvgIpc) is 3.01. The zero-order chi connectivity index (χ0) is 15.9. The van der Waals surface area contributed by atoms with Crippen molar-refractivity contribution >= 4 is 11.6 Å². The Morgan fingerprint density at radius 3 is 2.82 bits per heavy atom. The average molecular weight is 304 g/mol. The number of hydrogen-bond acceptors (Lipinski definition) is 5. The lowest BCUT2D eigenvalue weighted by molar-refractivity contribution is -0.384. The molecule has 1 heterocycles. The van der Waals surface area contributed by atoms with Crippen molar-refractivity contribution in [3.05, 3.63) is 52.3 Å². The number of benzene rings is 1. The molecule has 7 heteroatoms. The fourth-order valence-corrected chi connectivity index (χ4v) is 1.95. The molecule has 1 aromatic carbocycles. The molecule has 0 radical (unpaired) electrons. The van der Waals surface area contributed by atoms with Gasteiger partial charge in [-0.15, -0.1) is 0 Å². The van der Waals surface area contributed by atoms with Gasteiger partial charge in [-0.1, -0.05) is 12.1 Å². The first-order chi connectivity index (χ1) is 10.6. The van der Waals surface area contributed by atoms with Crippen molar-refractivity contribution in [3.63, 3.8) is 0 Å². The normalized spacial score (nSPS) is 10.4. The number of nitro groups is 1. The van der Waals surface area contributed by atoms with Crippen molar-refractivity contribution in [1.29, 1.82) is 0 Å². The van der Waals surface area contributed by atoms with Crippen LogP contribution in [0.1, 0.15) is 17.0 Å². The van der Waals surface area contributed by atoms with Gasteiger partial charge in [-0.2, -0.15) is 0 Å². The second-order valence-electron chi connectivity index (χ2n) is 4.54. The van der Waals surface area contributed by atoms with E-state index in [1.807, 2.05) is 0 Å². The molecule has 2 rings (SSSR count). The largest absolute Gasteiger partial charge is 0.451 e. The number of nitro benzene ring substituents is 1. The third-order valence-corrected chi connectivity index (χ3v) is 3.01. The summed E-state index contributed by atoms with van der Waals surface area (Å²) < 4.78 is 10.3. The van der Waals surface area contributed by atoms with Gasteiger partial charge in [-0.25, -0.2) is 0 Å². The minimum Gasteiger partial charge on any atom is -0.451 e. The van der Waals surface area contributed by atoms with Gasteiger partial charge >= 0.3 is 0 Å². The molecule has 0 bridgehead atoms. The second kappa shape index (κ2) is 7.37. The van der Waals surface area contributed by atoms with Gasteiger partial charge < -0.3 is 14.5 Å². The summed E-state index contributed by atoms with van der Waals surface area (Å²) in [6, 6.07) is 9.27. The number of carbonyl (C=O) groups excluding carboxylic acids is 1. The number of nitrogens with one attached hydrogen (secondary N) is 1. The summed E-state index contributed by atoms with van der Waals surface area (Å²) in [6.45, 7) is 1.02. The number of furan rings is 1. The smallest absolute Gasteiger partial charge is 0.287 e. The Hall–Kier alpha value is -2.67. The molecule has 1 aromatic heterocycles. The lowest BCUT2D eigenvalue weighted by Gasteiger charge is -2.02. The first-order valence-corrected chi connectivity index (χ1v) is 6.74. The van der Waals surface area contributed by atoms with Crippen LogP contribution in [0.15, 0.2) is 40.8 Å². The highest BCUT2D eigenvalue weighted by molar-refractivity contribution is 5.92. The highest BCUT2D eigenvalue weighted by Gasteiger charge is 2.18. The summed E-state index contributed by atoms with van der Waals surface area (Å²) in [7, 11) is 1.59. The highest BCUT2D eigenvalue weighted by atomic mass is 16.6. The summed E-state index contributed by atoms with van der Waals surface area (Å²) in [4.78, 5) is 22.4. The van der Waals surface area contributed by atoms with Gasteiger partial charge in [0.05, 0.1) is 10.5 Å². The van der Waals surface area contributed by atoms with Crippen molar-refractivity contribution in [1.82, 2.24) is 5.32 Å². The van der Waals surface area contributed by atoms with E-state index in [0.29, 0.717) is 25.1 Å². The fraction of sp³-hybridized carbons (Fsp3) is 0.267. The van der Waals surface area contributed by atoms with Crippen LogP contribution in [0.2, 0.25) is 0 Å². The summed E-state index contributed by atoms with van der Waals surface area (Å²) in [5.41, 5.74) is 0.273. The van der Waals surface area contributed by atoms with Crippen LogP contribution < -0.4 is 5.32 Å². The minimum absolute atomic E-state index is 0.0658. The van der Waals surface area contributed by atoms with Crippen LogP contribution in [0.5, 0.6) is 0 Å². The molecule has 116 valence electrons. The number of methoxy groups -OCH3 is 1. The van der Waals surface area contributed by atoms with Crippen LogP contribution in [0, 0.1) is 10.1 Å².